The highest BCUT2D eigenvalue weighted by atomic mass is 16.4. The van der Waals surface area contributed by atoms with Crippen molar-refractivity contribution in [2.24, 2.45) is 5.92 Å². The van der Waals surface area contributed by atoms with E-state index in [1.807, 2.05) is 55.4 Å². The van der Waals surface area contributed by atoms with Gasteiger partial charge in [0.15, 0.2) is 0 Å². The number of carboxylic acid groups (broad SMARTS) is 1. The Morgan fingerprint density at radius 3 is 2.72 bits per heavy atom. The molecule has 25 heavy (non-hydrogen) atoms. The van der Waals surface area contributed by atoms with Crippen LogP contribution in [0.2, 0.25) is 0 Å². The molecule has 1 aromatic heterocycles. The lowest BCUT2D eigenvalue weighted by molar-refractivity contribution is -0.144. The summed E-state index contributed by atoms with van der Waals surface area (Å²) < 4.78 is 0. The third kappa shape index (κ3) is 4.14. The van der Waals surface area contributed by atoms with Crippen LogP contribution in [0.15, 0.2) is 42.6 Å². The summed E-state index contributed by atoms with van der Waals surface area (Å²) >= 11 is 0. The highest BCUT2D eigenvalue weighted by Crippen LogP contribution is 2.33. The lowest BCUT2D eigenvalue weighted by Crippen LogP contribution is -2.41. The van der Waals surface area contributed by atoms with E-state index in [0.29, 0.717) is 18.9 Å². The quantitative estimate of drug-likeness (QED) is 0.900. The molecule has 2 aromatic rings. The fraction of sp³-hybridized carbons (Fsp3) is 0.421. The summed E-state index contributed by atoms with van der Waals surface area (Å²) in [6.07, 6.45) is 2.43. The molecule has 6 nitrogen and oxygen atoms in total. The highest BCUT2D eigenvalue weighted by Gasteiger charge is 2.35. The van der Waals surface area contributed by atoms with Crippen molar-refractivity contribution in [1.29, 1.82) is 0 Å². The molecule has 2 heterocycles. The molecular formula is C19H24N4O2. The van der Waals surface area contributed by atoms with E-state index in [1.165, 1.54) is 0 Å². The second kappa shape index (κ2) is 7.61. The average Bonchev–Trinajstić information content (AvgIpc) is 2.62. The van der Waals surface area contributed by atoms with Crippen molar-refractivity contribution in [3.05, 3.63) is 53.9 Å². The van der Waals surface area contributed by atoms with Gasteiger partial charge in [-0.05, 0) is 24.6 Å². The summed E-state index contributed by atoms with van der Waals surface area (Å²) in [6.45, 7) is 2.20. The normalized spacial score (nSPS) is 21.0. The van der Waals surface area contributed by atoms with Crippen LogP contribution in [0.1, 0.15) is 23.6 Å². The summed E-state index contributed by atoms with van der Waals surface area (Å²) in [5.74, 6) is -0.341. The molecule has 2 unspecified atom stereocenters. The van der Waals surface area contributed by atoms with E-state index in [-0.39, 0.29) is 11.8 Å². The molecule has 0 spiro atoms. The summed E-state index contributed by atoms with van der Waals surface area (Å²) in [6, 6.07) is 11.9. The zero-order valence-corrected chi connectivity index (χ0v) is 14.7. The number of rotatable bonds is 5. The van der Waals surface area contributed by atoms with Gasteiger partial charge in [0.05, 0.1) is 11.6 Å². The van der Waals surface area contributed by atoms with E-state index in [9.17, 15) is 9.90 Å². The molecule has 0 radical (unpaired) electrons. The van der Waals surface area contributed by atoms with Gasteiger partial charge in [-0.1, -0.05) is 30.3 Å². The van der Waals surface area contributed by atoms with Crippen molar-refractivity contribution in [2.45, 2.75) is 18.9 Å². The SMILES string of the molecule is CN(C)c1nccc(CN2CCC(C(=O)O)C(c3ccccc3)C2)n1. The van der Waals surface area contributed by atoms with E-state index in [2.05, 4.69) is 14.9 Å². The van der Waals surface area contributed by atoms with Crippen LogP contribution in [0, 0.1) is 5.92 Å². The first-order valence-corrected chi connectivity index (χ1v) is 8.54. The number of carbonyl (C=O) groups is 1. The molecule has 1 aromatic carbocycles. The Morgan fingerprint density at radius 2 is 2.04 bits per heavy atom. The predicted molar refractivity (Wildman–Crippen MR) is 96.6 cm³/mol. The molecule has 1 aliphatic rings. The third-order valence-corrected chi connectivity index (χ3v) is 4.73. The van der Waals surface area contributed by atoms with E-state index in [4.69, 9.17) is 0 Å². The van der Waals surface area contributed by atoms with Crippen molar-refractivity contribution in [3.8, 4) is 0 Å². The number of hydrogen-bond donors (Lipinski definition) is 1. The van der Waals surface area contributed by atoms with Crippen molar-refractivity contribution in [2.75, 3.05) is 32.1 Å². The zero-order chi connectivity index (χ0) is 17.8. The lowest BCUT2D eigenvalue weighted by atomic mass is 9.80. The standard InChI is InChI=1S/C19H24N4O2/c1-22(2)19-20-10-8-15(21-19)12-23-11-9-16(18(24)25)17(13-23)14-6-4-3-5-7-14/h3-8,10,16-17H,9,11-13H2,1-2H3,(H,24,25). The Labute approximate surface area is 148 Å². The predicted octanol–water partition coefficient (Wildman–Crippen LogP) is 2.23. The number of hydrogen-bond acceptors (Lipinski definition) is 5. The Hall–Kier alpha value is -2.47. The second-order valence-corrected chi connectivity index (χ2v) is 6.73. The van der Waals surface area contributed by atoms with E-state index in [1.54, 1.807) is 6.20 Å². The van der Waals surface area contributed by atoms with Gasteiger partial charge in [0.25, 0.3) is 0 Å². The van der Waals surface area contributed by atoms with Crippen LogP contribution in [0.4, 0.5) is 5.95 Å². The molecule has 1 aliphatic heterocycles. The van der Waals surface area contributed by atoms with Crippen molar-refractivity contribution in [3.63, 3.8) is 0 Å². The first kappa shape index (κ1) is 17.4. The Balaban J connectivity index is 1.76. The molecule has 0 aliphatic carbocycles. The third-order valence-electron chi connectivity index (χ3n) is 4.73. The molecule has 0 amide bonds. The number of anilines is 1. The van der Waals surface area contributed by atoms with Crippen LogP contribution < -0.4 is 4.90 Å². The van der Waals surface area contributed by atoms with Crippen LogP contribution in [0.3, 0.4) is 0 Å². The Kier molecular flexibility index (Phi) is 5.28. The van der Waals surface area contributed by atoms with Crippen LogP contribution >= 0.6 is 0 Å². The van der Waals surface area contributed by atoms with Gasteiger partial charge in [-0.15, -0.1) is 0 Å². The molecule has 0 bridgehead atoms. The molecule has 3 rings (SSSR count). The number of piperidine rings is 1. The largest absolute Gasteiger partial charge is 0.481 e. The molecule has 2 atom stereocenters. The van der Waals surface area contributed by atoms with Crippen molar-refractivity contribution >= 4 is 11.9 Å². The molecule has 1 fully saturated rings. The Morgan fingerprint density at radius 1 is 1.28 bits per heavy atom. The first-order valence-electron chi connectivity index (χ1n) is 8.54. The molecule has 1 saturated heterocycles. The van der Waals surface area contributed by atoms with Gasteiger partial charge in [0, 0.05) is 39.3 Å². The molecular weight excluding hydrogens is 316 g/mol. The minimum Gasteiger partial charge on any atom is -0.481 e. The van der Waals surface area contributed by atoms with Crippen LogP contribution in [-0.4, -0.2) is 53.1 Å². The van der Waals surface area contributed by atoms with E-state index >= 15 is 0 Å². The number of aliphatic carboxylic acids is 1. The molecule has 132 valence electrons. The summed E-state index contributed by atoms with van der Waals surface area (Å²) in [7, 11) is 3.84. The van der Waals surface area contributed by atoms with E-state index < -0.39 is 5.97 Å². The van der Waals surface area contributed by atoms with Crippen LogP contribution in [0.5, 0.6) is 0 Å². The van der Waals surface area contributed by atoms with Crippen molar-refractivity contribution < 1.29 is 9.90 Å². The van der Waals surface area contributed by atoms with E-state index in [0.717, 1.165) is 24.3 Å². The summed E-state index contributed by atoms with van der Waals surface area (Å²) in [5, 5.41) is 9.60. The van der Waals surface area contributed by atoms with Crippen LogP contribution in [0.25, 0.3) is 0 Å². The first-order chi connectivity index (χ1) is 12.0. The van der Waals surface area contributed by atoms with Gasteiger partial charge in [-0.25, -0.2) is 9.97 Å². The van der Waals surface area contributed by atoms with Gasteiger partial charge in [0.2, 0.25) is 5.95 Å². The van der Waals surface area contributed by atoms with Gasteiger partial charge in [0.1, 0.15) is 0 Å². The van der Waals surface area contributed by atoms with Crippen molar-refractivity contribution in [1.82, 2.24) is 14.9 Å². The maximum atomic E-state index is 11.7. The van der Waals surface area contributed by atoms with Crippen LogP contribution in [-0.2, 0) is 11.3 Å². The van der Waals surface area contributed by atoms with Gasteiger partial charge >= 0.3 is 5.97 Å². The fourth-order valence-corrected chi connectivity index (χ4v) is 3.41. The number of aromatic nitrogens is 2. The summed E-state index contributed by atoms with van der Waals surface area (Å²) in [5.41, 5.74) is 2.05. The number of nitrogens with zero attached hydrogens (tertiary/aromatic N) is 4. The number of carboxylic acids is 1. The summed E-state index contributed by atoms with van der Waals surface area (Å²) in [4.78, 5) is 24.7. The zero-order valence-electron chi connectivity index (χ0n) is 14.7. The average molecular weight is 340 g/mol. The van der Waals surface area contributed by atoms with Gasteiger partial charge in [-0.3, -0.25) is 9.69 Å². The minimum absolute atomic E-state index is 0.00241. The van der Waals surface area contributed by atoms with Gasteiger partial charge < -0.3 is 10.0 Å². The smallest absolute Gasteiger partial charge is 0.307 e. The lowest BCUT2D eigenvalue weighted by Gasteiger charge is -2.36. The topological polar surface area (TPSA) is 69.6 Å². The monoisotopic (exact) mass is 340 g/mol. The maximum absolute atomic E-state index is 11.7. The molecule has 1 N–H and O–H groups in total. The molecule has 0 saturated carbocycles. The van der Waals surface area contributed by atoms with Gasteiger partial charge in [-0.2, -0.15) is 0 Å². The number of likely N-dealkylation sites (tertiary alicyclic amines) is 1. The number of benzene rings is 1. The maximum Gasteiger partial charge on any atom is 0.307 e. The highest BCUT2D eigenvalue weighted by molar-refractivity contribution is 5.71. The molecule has 6 heteroatoms. The minimum atomic E-state index is -0.703. The fourth-order valence-electron chi connectivity index (χ4n) is 3.41. The second-order valence-electron chi connectivity index (χ2n) is 6.73. The Bertz CT molecular complexity index is 720.